The lowest BCUT2D eigenvalue weighted by atomic mass is 9.92. The highest BCUT2D eigenvalue weighted by Crippen LogP contribution is 2.29. The lowest BCUT2D eigenvalue weighted by Gasteiger charge is -2.36. The van der Waals surface area contributed by atoms with E-state index in [1.165, 1.54) is 11.1 Å². The lowest BCUT2D eigenvalue weighted by molar-refractivity contribution is 0.173. The number of aromatic nitrogens is 3. The summed E-state index contributed by atoms with van der Waals surface area (Å²) in [6, 6.07) is 8.91. The largest absolute Gasteiger partial charge is 0.329 e. The molecule has 1 aliphatic rings. The zero-order valence-electron chi connectivity index (χ0n) is 12.6. The maximum Gasteiger partial charge on any atom is 0.141 e. The van der Waals surface area contributed by atoms with Gasteiger partial charge in [0, 0.05) is 25.7 Å². The molecule has 112 valence electrons. The van der Waals surface area contributed by atoms with Crippen molar-refractivity contribution in [2.75, 3.05) is 13.1 Å². The van der Waals surface area contributed by atoms with E-state index in [-0.39, 0.29) is 6.04 Å². The van der Waals surface area contributed by atoms with Crippen molar-refractivity contribution in [3.05, 3.63) is 47.5 Å². The Morgan fingerprint density at radius 3 is 3.00 bits per heavy atom. The highest BCUT2D eigenvalue weighted by molar-refractivity contribution is 5.32. The fraction of sp³-hybridized carbons (Fsp3) is 0.500. The van der Waals surface area contributed by atoms with Crippen LogP contribution in [0.4, 0.5) is 0 Å². The van der Waals surface area contributed by atoms with Crippen molar-refractivity contribution in [1.82, 2.24) is 19.7 Å². The topological polar surface area (TPSA) is 60.0 Å². The summed E-state index contributed by atoms with van der Waals surface area (Å²) in [4.78, 5) is 6.85. The minimum Gasteiger partial charge on any atom is -0.329 e. The van der Waals surface area contributed by atoms with Crippen molar-refractivity contribution in [2.24, 2.45) is 5.73 Å². The minimum atomic E-state index is 0.279. The predicted molar refractivity (Wildman–Crippen MR) is 82.7 cm³/mol. The molecule has 0 radical (unpaired) electrons. The Bertz CT molecular complexity index is 592. The normalized spacial score (nSPS) is 18.7. The summed E-state index contributed by atoms with van der Waals surface area (Å²) in [6.07, 6.45) is 3.80. The average Bonchev–Trinajstić information content (AvgIpc) is 2.94. The summed E-state index contributed by atoms with van der Waals surface area (Å²) >= 11 is 0. The van der Waals surface area contributed by atoms with Gasteiger partial charge in [-0.25, -0.2) is 9.67 Å². The average molecular weight is 285 g/mol. The molecule has 1 atom stereocenters. The Morgan fingerprint density at radius 1 is 1.33 bits per heavy atom. The molecule has 5 nitrogen and oxygen atoms in total. The number of nitrogens with zero attached hydrogens (tertiary/aromatic N) is 4. The minimum absolute atomic E-state index is 0.279. The third-order valence-corrected chi connectivity index (χ3v) is 4.22. The van der Waals surface area contributed by atoms with Gasteiger partial charge in [-0.2, -0.15) is 5.10 Å². The molecular formula is C16H23N5. The van der Waals surface area contributed by atoms with E-state index in [2.05, 4.69) is 46.2 Å². The summed E-state index contributed by atoms with van der Waals surface area (Å²) in [7, 11) is 0. The van der Waals surface area contributed by atoms with Crippen molar-refractivity contribution >= 4 is 0 Å². The van der Waals surface area contributed by atoms with Gasteiger partial charge in [0.1, 0.15) is 12.2 Å². The van der Waals surface area contributed by atoms with Gasteiger partial charge in [0.05, 0.1) is 6.54 Å². The fourth-order valence-corrected chi connectivity index (χ4v) is 3.16. The third kappa shape index (κ3) is 2.84. The second-order valence-corrected chi connectivity index (χ2v) is 5.57. The van der Waals surface area contributed by atoms with Crippen LogP contribution in [0.2, 0.25) is 0 Å². The molecule has 1 aliphatic heterocycles. The molecule has 2 heterocycles. The van der Waals surface area contributed by atoms with Crippen molar-refractivity contribution in [3.8, 4) is 0 Å². The van der Waals surface area contributed by atoms with Crippen molar-refractivity contribution in [3.63, 3.8) is 0 Å². The number of rotatable bonds is 5. The number of benzene rings is 1. The van der Waals surface area contributed by atoms with E-state index < -0.39 is 0 Å². The molecular weight excluding hydrogens is 262 g/mol. The van der Waals surface area contributed by atoms with Gasteiger partial charge >= 0.3 is 0 Å². The van der Waals surface area contributed by atoms with Gasteiger partial charge in [0.2, 0.25) is 0 Å². The van der Waals surface area contributed by atoms with Gasteiger partial charge in [0.15, 0.2) is 0 Å². The molecule has 0 spiro atoms. The molecule has 0 bridgehead atoms. The maximum atomic E-state index is 6.05. The molecule has 1 unspecified atom stereocenters. The molecule has 21 heavy (non-hydrogen) atoms. The van der Waals surface area contributed by atoms with E-state index in [0.29, 0.717) is 6.54 Å². The van der Waals surface area contributed by atoms with Crippen LogP contribution >= 0.6 is 0 Å². The van der Waals surface area contributed by atoms with Crippen LogP contribution in [0.25, 0.3) is 0 Å². The number of hydrogen-bond acceptors (Lipinski definition) is 4. The predicted octanol–water partition coefficient (Wildman–Crippen LogP) is 1.75. The van der Waals surface area contributed by atoms with Crippen LogP contribution in [0.3, 0.4) is 0 Å². The second kappa shape index (κ2) is 6.37. The lowest BCUT2D eigenvalue weighted by Crippen LogP contribution is -2.39. The second-order valence-electron chi connectivity index (χ2n) is 5.57. The first kappa shape index (κ1) is 14.2. The van der Waals surface area contributed by atoms with Crippen molar-refractivity contribution in [1.29, 1.82) is 0 Å². The summed E-state index contributed by atoms with van der Waals surface area (Å²) in [6.45, 7) is 5.56. The molecule has 1 aromatic heterocycles. The Labute approximate surface area is 125 Å². The first-order valence-corrected chi connectivity index (χ1v) is 7.72. The summed E-state index contributed by atoms with van der Waals surface area (Å²) in [5, 5.41) is 4.31. The Hall–Kier alpha value is -1.72. The van der Waals surface area contributed by atoms with E-state index in [1.807, 2.05) is 4.68 Å². The molecule has 0 saturated heterocycles. The van der Waals surface area contributed by atoms with Gasteiger partial charge in [-0.3, -0.25) is 4.90 Å². The molecule has 2 aromatic rings. The quantitative estimate of drug-likeness (QED) is 0.909. The monoisotopic (exact) mass is 285 g/mol. The van der Waals surface area contributed by atoms with E-state index in [0.717, 1.165) is 38.3 Å². The van der Waals surface area contributed by atoms with Gasteiger partial charge in [-0.1, -0.05) is 31.2 Å². The van der Waals surface area contributed by atoms with Crippen LogP contribution in [0.1, 0.15) is 36.3 Å². The summed E-state index contributed by atoms with van der Waals surface area (Å²) < 4.78 is 2.01. The first-order chi connectivity index (χ1) is 10.3. The zero-order chi connectivity index (χ0) is 14.7. The van der Waals surface area contributed by atoms with Crippen LogP contribution in [0.5, 0.6) is 0 Å². The standard InChI is InChI=1S/C16H23N5/c1-2-8-21-16(18-12-19-21)11-20-9-7-13-5-3-4-6-14(13)15(20)10-17/h3-6,12,15H,2,7-11,17H2,1H3. The number of nitrogens with two attached hydrogens (primary N) is 1. The van der Waals surface area contributed by atoms with Crippen LogP contribution in [0, 0.1) is 0 Å². The van der Waals surface area contributed by atoms with Gasteiger partial charge in [0.25, 0.3) is 0 Å². The highest BCUT2D eigenvalue weighted by Gasteiger charge is 2.26. The van der Waals surface area contributed by atoms with E-state index in [4.69, 9.17) is 5.73 Å². The molecule has 3 rings (SSSR count). The smallest absolute Gasteiger partial charge is 0.141 e. The molecule has 1 aromatic carbocycles. The number of aryl methyl sites for hydroxylation is 1. The molecule has 0 amide bonds. The fourth-order valence-electron chi connectivity index (χ4n) is 3.16. The molecule has 0 saturated carbocycles. The summed E-state index contributed by atoms with van der Waals surface area (Å²) in [5.74, 6) is 1.04. The SMILES string of the molecule is CCCn1ncnc1CN1CCc2ccccc2C1CN. The van der Waals surface area contributed by atoms with Gasteiger partial charge in [-0.15, -0.1) is 0 Å². The number of fused-ring (bicyclic) bond motifs is 1. The van der Waals surface area contributed by atoms with E-state index in [9.17, 15) is 0 Å². The van der Waals surface area contributed by atoms with Crippen LogP contribution in [-0.4, -0.2) is 32.8 Å². The maximum absolute atomic E-state index is 6.05. The molecule has 0 aliphatic carbocycles. The van der Waals surface area contributed by atoms with E-state index >= 15 is 0 Å². The highest BCUT2D eigenvalue weighted by atomic mass is 15.3. The van der Waals surface area contributed by atoms with Crippen LogP contribution < -0.4 is 5.73 Å². The van der Waals surface area contributed by atoms with Crippen molar-refractivity contribution < 1.29 is 0 Å². The van der Waals surface area contributed by atoms with Gasteiger partial charge in [-0.05, 0) is 24.0 Å². The van der Waals surface area contributed by atoms with Crippen LogP contribution in [-0.2, 0) is 19.5 Å². The first-order valence-electron chi connectivity index (χ1n) is 7.72. The zero-order valence-corrected chi connectivity index (χ0v) is 12.6. The summed E-state index contributed by atoms with van der Waals surface area (Å²) in [5.41, 5.74) is 8.85. The van der Waals surface area contributed by atoms with Gasteiger partial charge < -0.3 is 5.73 Å². The van der Waals surface area contributed by atoms with Crippen molar-refractivity contribution in [2.45, 2.75) is 38.9 Å². The number of hydrogen-bond donors (Lipinski definition) is 1. The third-order valence-electron chi connectivity index (χ3n) is 4.22. The molecule has 2 N–H and O–H groups in total. The Balaban J connectivity index is 1.81. The molecule has 5 heteroatoms. The Morgan fingerprint density at radius 2 is 2.19 bits per heavy atom. The Kier molecular flexibility index (Phi) is 4.31. The molecule has 0 fully saturated rings. The van der Waals surface area contributed by atoms with E-state index in [1.54, 1.807) is 6.33 Å². The van der Waals surface area contributed by atoms with Crippen LogP contribution in [0.15, 0.2) is 30.6 Å².